The van der Waals surface area contributed by atoms with E-state index >= 15 is 0 Å². The Kier molecular flexibility index (Phi) is 5.92. The molecule has 0 bridgehead atoms. The Balaban J connectivity index is 2.78. The van der Waals surface area contributed by atoms with Crippen molar-refractivity contribution in [2.24, 2.45) is 5.73 Å². The second-order valence-corrected chi connectivity index (χ2v) is 6.11. The van der Waals surface area contributed by atoms with Gasteiger partial charge in [-0.05, 0) is 44.0 Å². The van der Waals surface area contributed by atoms with Crippen LogP contribution in [0.5, 0.6) is 0 Å². The molecule has 0 aliphatic heterocycles. The lowest BCUT2D eigenvalue weighted by atomic mass is 10.1. The van der Waals surface area contributed by atoms with E-state index in [1.807, 2.05) is 11.8 Å². The van der Waals surface area contributed by atoms with E-state index in [0.717, 1.165) is 42.4 Å². The largest absolute Gasteiger partial charge is 0.330 e. The Morgan fingerprint density at radius 3 is 2.24 bits per heavy atom. The third kappa shape index (κ3) is 4.64. The van der Waals surface area contributed by atoms with Gasteiger partial charge in [-0.1, -0.05) is 13.8 Å². The minimum Gasteiger partial charge on any atom is -0.330 e. The highest BCUT2D eigenvalue weighted by molar-refractivity contribution is 7.99. The number of aryl methyl sites for hydroxylation is 2. The van der Waals surface area contributed by atoms with Gasteiger partial charge >= 0.3 is 0 Å². The number of hydrogen-bond acceptors (Lipinski definition) is 4. The van der Waals surface area contributed by atoms with Gasteiger partial charge in [0.25, 0.3) is 0 Å². The topological polar surface area (TPSA) is 51.8 Å². The second-order valence-electron chi connectivity index (χ2n) is 4.54. The number of nitrogens with zero attached hydrogens (tertiary/aromatic N) is 2. The molecule has 17 heavy (non-hydrogen) atoms. The van der Waals surface area contributed by atoms with Crippen molar-refractivity contribution in [1.29, 1.82) is 0 Å². The fourth-order valence-corrected chi connectivity index (χ4v) is 2.37. The van der Waals surface area contributed by atoms with E-state index in [4.69, 9.17) is 5.73 Å². The molecule has 96 valence electrons. The van der Waals surface area contributed by atoms with Gasteiger partial charge in [0.05, 0.1) is 5.75 Å². The summed E-state index contributed by atoms with van der Waals surface area (Å²) in [6, 6.07) is 0. The van der Waals surface area contributed by atoms with Crippen LogP contribution in [-0.4, -0.2) is 21.8 Å². The Bertz CT molecular complexity index is 341. The van der Waals surface area contributed by atoms with E-state index in [1.54, 1.807) is 0 Å². The van der Waals surface area contributed by atoms with Crippen molar-refractivity contribution < 1.29 is 0 Å². The molecule has 1 rings (SSSR count). The van der Waals surface area contributed by atoms with Gasteiger partial charge in [0.1, 0.15) is 5.82 Å². The SMILES string of the molecule is Cc1nc(CSC(C)C)nc(C)c1CCCN. The molecule has 0 saturated carbocycles. The average molecular weight is 253 g/mol. The van der Waals surface area contributed by atoms with Crippen molar-refractivity contribution in [3.63, 3.8) is 0 Å². The molecule has 0 aliphatic carbocycles. The summed E-state index contributed by atoms with van der Waals surface area (Å²) >= 11 is 1.88. The molecule has 3 nitrogen and oxygen atoms in total. The fraction of sp³-hybridized carbons (Fsp3) is 0.692. The van der Waals surface area contributed by atoms with Gasteiger partial charge in [-0.2, -0.15) is 11.8 Å². The molecule has 1 aromatic rings. The number of aromatic nitrogens is 2. The van der Waals surface area contributed by atoms with Crippen LogP contribution in [0.4, 0.5) is 0 Å². The molecule has 0 amide bonds. The minimum absolute atomic E-state index is 0.621. The molecule has 1 heterocycles. The van der Waals surface area contributed by atoms with E-state index in [0.29, 0.717) is 5.25 Å². The van der Waals surface area contributed by atoms with Crippen molar-refractivity contribution in [3.8, 4) is 0 Å². The van der Waals surface area contributed by atoms with Crippen molar-refractivity contribution in [3.05, 3.63) is 22.8 Å². The Hall–Kier alpha value is -0.610. The highest BCUT2D eigenvalue weighted by Crippen LogP contribution is 2.18. The second kappa shape index (κ2) is 6.97. The summed E-state index contributed by atoms with van der Waals surface area (Å²) in [6.07, 6.45) is 2.00. The van der Waals surface area contributed by atoms with Crippen LogP contribution in [0.1, 0.15) is 43.0 Å². The van der Waals surface area contributed by atoms with Crippen molar-refractivity contribution in [2.45, 2.75) is 51.5 Å². The van der Waals surface area contributed by atoms with Crippen LogP contribution < -0.4 is 5.73 Å². The van der Waals surface area contributed by atoms with Gasteiger partial charge in [-0.15, -0.1) is 0 Å². The summed E-state index contributed by atoms with van der Waals surface area (Å²) in [6.45, 7) is 9.26. The lowest BCUT2D eigenvalue weighted by Gasteiger charge is -2.11. The summed E-state index contributed by atoms with van der Waals surface area (Å²) in [5.74, 6) is 1.85. The molecule has 0 spiro atoms. The fourth-order valence-electron chi connectivity index (χ4n) is 1.76. The quantitative estimate of drug-likeness (QED) is 0.846. The highest BCUT2D eigenvalue weighted by Gasteiger charge is 2.08. The predicted molar refractivity (Wildman–Crippen MR) is 75.3 cm³/mol. The van der Waals surface area contributed by atoms with Crippen molar-refractivity contribution in [2.75, 3.05) is 6.54 Å². The third-order valence-electron chi connectivity index (χ3n) is 2.64. The van der Waals surface area contributed by atoms with Crippen LogP contribution in [0.3, 0.4) is 0 Å². The predicted octanol–water partition coefficient (Wildman–Crippen LogP) is 2.63. The first-order chi connectivity index (χ1) is 8.04. The van der Waals surface area contributed by atoms with Crippen LogP contribution in [-0.2, 0) is 12.2 Å². The van der Waals surface area contributed by atoms with Gasteiger partial charge in [0.15, 0.2) is 0 Å². The van der Waals surface area contributed by atoms with Gasteiger partial charge in [-0.3, -0.25) is 0 Å². The summed E-state index contributed by atoms with van der Waals surface area (Å²) in [5, 5.41) is 0.621. The zero-order chi connectivity index (χ0) is 12.8. The van der Waals surface area contributed by atoms with Crippen LogP contribution in [0, 0.1) is 13.8 Å². The van der Waals surface area contributed by atoms with Crippen LogP contribution >= 0.6 is 11.8 Å². The van der Waals surface area contributed by atoms with E-state index in [1.165, 1.54) is 5.56 Å². The van der Waals surface area contributed by atoms with E-state index in [9.17, 15) is 0 Å². The number of rotatable bonds is 6. The lowest BCUT2D eigenvalue weighted by molar-refractivity contribution is 0.796. The van der Waals surface area contributed by atoms with Gasteiger partial charge in [0.2, 0.25) is 0 Å². The van der Waals surface area contributed by atoms with Gasteiger partial charge < -0.3 is 5.73 Å². The maximum atomic E-state index is 5.54. The minimum atomic E-state index is 0.621. The first-order valence-electron chi connectivity index (χ1n) is 6.19. The molecular weight excluding hydrogens is 230 g/mol. The number of nitrogens with two attached hydrogens (primary N) is 1. The average Bonchev–Trinajstić information content (AvgIpc) is 2.25. The molecular formula is C13H23N3S. The molecule has 4 heteroatoms. The van der Waals surface area contributed by atoms with Crippen LogP contribution in [0.25, 0.3) is 0 Å². The Labute approximate surface area is 109 Å². The van der Waals surface area contributed by atoms with E-state index in [-0.39, 0.29) is 0 Å². The van der Waals surface area contributed by atoms with Crippen LogP contribution in [0.15, 0.2) is 0 Å². The summed E-state index contributed by atoms with van der Waals surface area (Å²) in [7, 11) is 0. The number of hydrogen-bond donors (Lipinski definition) is 1. The molecule has 0 aromatic carbocycles. The molecule has 2 N–H and O–H groups in total. The molecule has 0 atom stereocenters. The zero-order valence-electron chi connectivity index (χ0n) is 11.3. The smallest absolute Gasteiger partial charge is 0.138 e. The lowest BCUT2D eigenvalue weighted by Crippen LogP contribution is -2.08. The summed E-state index contributed by atoms with van der Waals surface area (Å²) < 4.78 is 0. The Morgan fingerprint density at radius 2 is 1.76 bits per heavy atom. The van der Waals surface area contributed by atoms with E-state index < -0.39 is 0 Å². The Morgan fingerprint density at radius 1 is 1.18 bits per heavy atom. The standard InChI is InChI=1S/C13H23N3S/c1-9(2)17-8-13-15-10(3)12(6-5-7-14)11(4)16-13/h9H,5-8,14H2,1-4H3. The van der Waals surface area contributed by atoms with E-state index in [2.05, 4.69) is 37.7 Å². The maximum absolute atomic E-state index is 5.54. The van der Waals surface area contributed by atoms with Crippen LogP contribution in [0.2, 0.25) is 0 Å². The van der Waals surface area contributed by atoms with Crippen molar-refractivity contribution in [1.82, 2.24) is 9.97 Å². The van der Waals surface area contributed by atoms with Gasteiger partial charge in [-0.25, -0.2) is 9.97 Å². The monoisotopic (exact) mass is 253 g/mol. The molecule has 0 saturated heterocycles. The molecule has 0 radical (unpaired) electrons. The third-order valence-corrected chi connectivity index (χ3v) is 3.74. The molecule has 0 fully saturated rings. The highest BCUT2D eigenvalue weighted by atomic mass is 32.2. The normalized spacial score (nSPS) is 11.2. The molecule has 0 aliphatic rings. The zero-order valence-corrected chi connectivity index (χ0v) is 12.1. The molecule has 0 unspecified atom stereocenters. The summed E-state index contributed by atoms with van der Waals surface area (Å²) in [4.78, 5) is 9.17. The van der Waals surface area contributed by atoms with Gasteiger partial charge in [0, 0.05) is 11.4 Å². The maximum Gasteiger partial charge on any atom is 0.138 e. The van der Waals surface area contributed by atoms with Crippen molar-refractivity contribution >= 4 is 11.8 Å². The number of thioether (sulfide) groups is 1. The molecule has 1 aromatic heterocycles. The summed E-state index contributed by atoms with van der Waals surface area (Å²) in [5.41, 5.74) is 9.05. The first-order valence-corrected chi connectivity index (χ1v) is 7.24. The first kappa shape index (κ1) is 14.5.